The number of benzene rings is 2. The molecule has 0 N–H and O–H groups in total. The topological polar surface area (TPSA) is 105 Å². The standard InChI is InChI=1S/C22H19ClO6S/c1-28-22(24)14-8-9-17-15-20(18-10-4-2-5-11-18)30(29-23(25,26)27)21(16-17)19-12-6-3-7-13-19/h2-8,10-16H,9H2,1H3/b14-8+. The zero-order valence-electron chi connectivity index (χ0n) is 16.0. The second-order valence-corrected chi connectivity index (χ2v) is 8.84. The van der Waals surface area contributed by atoms with Gasteiger partial charge < -0.3 is 4.74 Å². The highest BCUT2D eigenvalue weighted by Crippen LogP contribution is 2.43. The molecule has 1 unspecified atom stereocenters. The molecule has 0 aliphatic carbocycles. The molecule has 1 aliphatic rings. The molecule has 1 atom stereocenters. The molecule has 0 bridgehead atoms. The fourth-order valence-electron chi connectivity index (χ4n) is 2.81. The molecule has 2 aromatic carbocycles. The number of carbonyl (C=O) groups excluding carboxylic acids is 1. The van der Waals surface area contributed by atoms with E-state index in [4.69, 9.17) is 3.74 Å². The second-order valence-electron chi connectivity index (χ2n) is 6.16. The number of esters is 1. The van der Waals surface area contributed by atoms with Crippen LogP contribution in [0.3, 0.4) is 0 Å². The van der Waals surface area contributed by atoms with Crippen molar-refractivity contribution in [1.82, 2.24) is 0 Å². The van der Waals surface area contributed by atoms with Gasteiger partial charge in [-0.2, -0.15) is 14.0 Å². The van der Waals surface area contributed by atoms with Crippen LogP contribution in [-0.2, 0) is 13.3 Å². The summed E-state index contributed by atoms with van der Waals surface area (Å²) in [7, 11) is -4.81. The number of carbonyl (C=O) groups is 1. The van der Waals surface area contributed by atoms with Gasteiger partial charge >= 0.3 is 5.97 Å². The number of allylic oxidation sites excluding steroid dienone is 4. The van der Waals surface area contributed by atoms with Crippen molar-refractivity contribution in [1.29, 1.82) is 0 Å². The van der Waals surface area contributed by atoms with Crippen molar-refractivity contribution in [2.75, 3.05) is 7.11 Å². The summed E-state index contributed by atoms with van der Waals surface area (Å²) in [6, 6.07) is 18.2. The Morgan fingerprint density at radius 3 is 2.13 bits per heavy atom. The molecule has 8 heteroatoms. The van der Waals surface area contributed by atoms with Crippen molar-refractivity contribution in [2.24, 2.45) is 0 Å². The van der Waals surface area contributed by atoms with Crippen LogP contribution in [0.5, 0.6) is 0 Å². The Labute approximate surface area is 179 Å². The molecule has 3 rings (SSSR count). The lowest BCUT2D eigenvalue weighted by Crippen LogP contribution is -2.60. The normalized spacial score (nSPS) is 16.9. The fraction of sp³-hybridized carbons (Fsp3) is 0.0909. The van der Waals surface area contributed by atoms with Crippen LogP contribution in [0.15, 0.2) is 90.5 Å². The highest BCUT2D eigenvalue weighted by atomic mass is 35.7. The molecule has 0 aromatic heterocycles. The van der Waals surface area contributed by atoms with Crippen LogP contribution in [0.2, 0.25) is 0 Å². The first kappa shape index (κ1) is 22.2. The van der Waals surface area contributed by atoms with Crippen molar-refractivity contribution in [3.63, 3.8) is 0 Å². The molecule has 0 fully saturated rings. The number of halogens is 1. The van der Waals surface area contributed by atoms with Crippen LogP contribution in [0.25, 0.3) is 4.91 Å². The molecule has 0 amide bonds. The molecule has 156 valence electrons. The van der Waals surface area contributed by atoms with E-state index in [2.05, 4.69) is 4.74 Å². The van der Waals surface area contributed by atoms with Gasteiger partial charge in [0.2, 0.25) is 0 Å². The molecule has 0 saturated heterocycles. The zero-order valence-corrected chi connectivity index (χ0v) is 17.6. The Kier molecular flexibility index (Phi) is 7.38. The summed E-state index contributed by atoms with van der Waals surface area (Å²) in [6.45, 7) is 0. The molecule has 0 spiro atoms. The van der Waals surface area contributed by atoms with Crippen molar-refractivity contribution in [3.05, 3.63) is 102 Å². The molecule has 6 nitrogen and oxygen atoms in total. The maximum absolute atomic E-state index is 11.5. The van der Waals surface area contributed by atoms with E-state index in [0.29, 0.717) is 16.2 Å². The Morgan fingerprint density at radius 2 is 1.57 bits per heavy atom. The third kappa shape index (κ3) is 5.99. The quantitative estimate of drug-likeness (QED) is 0.361. The average molecular weight is 447 g/mol. The van der Waals surface area contributed by atoms with E-state index in [1.165, 1.54) is 13.2 Å². The summed E-state index contributed by atoms with van der Waals surface area (Å²) in [5, 5.41) is 0. The number of methoxy groups -OCH3 is 1. The molecule has 1 aliphatic heterocycles. The van der Waals surface area contributed by atoms with Gasteiger partial charge in [-0.1, -0.05) is 66.7 Å². The molecule has 30 heavy (non-hydrogen) atoms. The minimum Gasteiger partial charge on any atom is -0.466 e. The lowest BCUT2D eigenvalue weighted by Gasteiger charge is -2.21. The van der Waals surface area contributed by atoms with Gasteiger partial charge in [0.05, 0.1) is 27.1 Å². The molecule has 0 radical (unpaired) electrons. The van der Waals surface area contributed by atoms with Crippen molar-refractivity contribution in [2.45, 2.75) is 6.42 Å². The summed E-state index contributed by atoms with van der Waals surface area (Å²) in [5.41, 5.74) is 2.28. The largest absolute Gasteiger partial charge is 0.466 e. The smallest absolute Gasteiger partial charge is 0.330 e. The van der Waals surface area contributed by atoms with Gasteiger partial charge in [0.25, 0.3) is 0 Å². The maximum Gasteiger partial charge on any atom is 0.330 e. The van der Waals surface area contributed by atoms with E-state index in [1.807, 2.05) is 60.7 Å². The highest BCUT2D eigenvalue weighted by molar-refractivity contribution is 8.20. The molecular formula is C22H19ClO6S. The maximum atomic E-state index is 11.5. The first-order valence-corrected chi connectivity index (χ1v) is 11.3. The van der Waals surface area contributed by atoms with Crippen LogP contribution in [0.4, 0.5) is 0 Å². The lowest BCUT2D eigenvalue weighted by atomic mass is 10.0. The van der Waals surface area contributed by atoms with Gasteiger partial charge in [0.1, 0.15) is 14.5 Å². The van der Waals surface area contributed by atoms with Crippen molar-refractivity contribution >= 4 is 26.5 Å². The first-order chi connectivity index (χ1) is 14.4. The summed E-state index contributed by atoms with van der Waals surface area (Å²) in [5.74, 6) is -0.467. The van der Waals surface area contributed by atoms with Gasteiger partial charge in [-0.15, -0.1) is 0 Å². The summed E-state index contributed by atoms with van der Waals surface area (Å²) in [4.78, 5) is 12.5. The predicted octanol–water partition coefficient (Wildman–Crippen LogP) is 1.41. The van der Waals surface area contributed by atoms with Gasteiger partial charge in [-0.3, -0.25) is 0 Å². The van der Waals surface area contributed by atoms with Gasteiger partial charge in [0, 0.05) is 6.08 Å². The van der Waals surface area contributed by atoms with Gasteiger partial charge in [0.15, 0.2) is 0 Å². The van der Waals surface area contributed by atoms with Crippen molar-refractivity contribution in [3.8, 4) is 0 Å². The van der Waals surface area contributed by atoms with Crippen LogP contribution in [-0.4, -0.2) is 17.9 Å². The van der Waals surface area contributed by atoms with Crippen LogP contribution in [0.1, 0.15) is 17.5 Å². The van der Waals surface area contributed by atoms with Gasteiger partial charge in [-0.05, 0) is 35.3 Å². The van der Waals surface area contributed by atoms with Crippen molar-refractivity contribution < 1.29 is 37.5 Å². The number of ether oxygens (including phenoxy) is 1. The minimum absolute atomic E-state index is 0.404. The lowest BCUT2D eigenvalue weighted by molar-refractivity contribution is -1.91. The Hall–Kier alpha value is -2.52. The fourth-order valence-corrected chi connectivity index (χ4v) is 5.43. The summed E-state index contributed by atoms with van der Waals surface area (Å²) in [6.07, 6.45) is 6.96. The number of rotatable bonds is 7. The Bertz CT molecular complexity index is 1020. The first-order valence-electron chi connectivity index (χ1n) is 8.87. The van der Waals surface area contributed by atoms with Crippen LogP contribution < -0.4 is 14.0 Å². The molecule has 2 aromatic rings. The number of hydrogen-bond acceptors (Lipinski definition) is 6. The van der Waals surface area contributed by atoms with E-state index in [-0.39, 0.29) is 0 Å². The third-order valence-electron chi connectivity index (χ3n) is 4.10. The van der Waals surface area contributed by atoms with E-state index >= 15 is 0 Å². The average Bonchev–Trinajstić information content (AvgIpc) is 2.74. The Balaban J connectivity index is 2.14. The predicted molar refractivity (Wildman–Crippen MR) is 108 cm³/mol. The molecule has 0 saturated carbocycles. The monoisotopic (exact) mass is 446 g/mol. The summed E-state index contributed by atoms with van der Waals surface area (Å²) < 4.78 is 44.1. The van der Waals surface area contributed by atoms with E-state index in [1.54, 1.807) is 18.2 Å². The van der Waals surface area contributed by atoms with E-state index < -0.39 is 27.0 Å². The molecule has 1 heterocycles. The molecular weight excluding hydrogens is 428 g/mol. The minimum atomic E-state index is -4.66. The van der Waals surface area contributed by atoms with E-state index in [9.17, 15) is 18.8 Å². The zero-order chi connectivity index (χ0) is 21.6. The Morgan fingerprint density at radius 1 is 0.967 bits per heavy atom. The van der Waals surface area contributed by atoms with Crippen LogP contribution >= 0.6 is 10.8 Å². The number of hydrogen-bond donors (Lipinski definition) is 0. The third-order valence-corrected chi connectivity index (χ3v) is 6.73. The van der Waals surface area contributed by atoms with E-state index in [0.717, 1.165) is 16.7 Å². The SMILES string of the molecule is COC(=O)/C=C/CC1=CC(c2ccccc2)=S(O[Cl+3]([O-])([O-])[O-])C(c2ccccc2)=C1. The summed E-state index contributed by atoms with van der Waals surface area (Å²) >= 11 is 0. The van der Waals surface area contributed by atoms with Crippen LogP contribution in [0, 0.1) is 10.2 Å². The highest BCUT2D eigenvalue weighted by Gasteiger charge is 2.31. The second kappa shape index (κ2) is 9.99. The van der Waals surface area contributed by atoms with Gasteiger partial charge in [-0.25, -0.2) is 4.79 Å².